The van der Waals surface area contributed by atoms with Crippen LogP contribution < -0.4 is 21.1 Å². The molecule has 3 aromatic carbocycles. The third kappa shape index (κ3) is 45.7. The van der Waals surface area contributed by atoms with Crippen molar-refractivity contribution in [2.45, 2.75) is 77.8 Å². The number of aryl methyl sites for hydroxylation is 2. The first-order chi connectivity index (χ1) is 55.1. The fourth-order valence-electron chi connectivity index (χ4n) is 10.2. The van der Waals surface area contributed by atoms with Crippen LogP contribution in [0.2, 0.25) is 0 Å². The monoisotopic (exact) mass is 1600 g/mol. The lowest BCUT2D eigenvalue weighted by Gasteiger charge is -2.13. The highest BCUT2D eigenvalue weighted by molar-refractivity contribution is 6.06. The third-order valence-corrected chi connectivity index (χ3v) is 15.9. The number of pyridine rings is 1. The summed E-state index contributed by atoms with van der Waals surface area (Å²) in [6, 6.07) is 16.1. The van der Waals surface area contributed by atoms with Crippen molar-refractivity contribution in [1.29, 1.82) is 0 Å². The summed E-state index contributed by atoms with van der Waals surface area (Å²) in [5.74, 6) is -7.34. The number of hydrogen-bond donors (Lipinski definition) is 3. The summed E-state index contributed by atoms with van der Waals surface area (Å²) in [7, 11) is 1.64. The first-order valence-corrected chi connectivity index (χ1v) is 38.8. The number of ether oxygens (including phenoxy) is 21. The van der Waals surface area contributed by atoms with Gasteiger partial charge >= 0.3 is 5.97 Å². The van der Waals surface area contributed by atoms with E-state index in [-0.39, 0.29) is 51.4 Å². The van der Waals surface area contributed by atoms with Gasteiger partial charge < -0.3 is 120 Å². The van der Waals surface area contributed by atoms with Gasteiger partial charge in [0.15, 0.2) is 17.5 Å². The van der Waals surface area contributed by atoms with Crippen molar-refractivity contribution in [2.75, 3.05) is 282 Å². The zero-order valence-electron chi connectivity index (χ0n) is 65.5. The number of amides is 1. The van der Waals surface area contributed by atoms with Crippen LogP contribution >= 0.6 is 0 Å². The topological polar surface area (TPSA) is 321 Å². The Bertz CT molecular complexity index is 3220. The van der Waals surface area contributed by atoms with Gasteiger partial charge in [0.05, 0.1) is 269 Å². The van der Waals surface area contributed by atoms with Gasteiger partial charge in [0.25, 0.3) is 0 Å². The van der Waals surface area contributed by atoms with Crippen LogP contribution in [0.4, 0.5) is 29.1 Å². The lowest BCUT2D eigenvalue weighted by molar-refractivity contribution is -0.136. The maximum Gasteiger partial charge on any atom is 0.313 e. The molecule has 0 radical (unpaired) electrons. The smallest absolute Gasteiger partial charge is 0.313 e. The van der Waals surface area contributed by atoms with E-state index < -0.39 is 41.4 Å². The molecule has 0 atom stereocenters. The zero-order chi connectivity index (χ0) is 79.6. The minimum Gasteiger partial charge on any atom is -0.420 e. The predicted molar refractivity (Wildman–Crippen MR) is 409 cm³/mol. The van der Waals surface area contributed by atoms with Gasteiger partial charge in [0.2, 0.25) is 23.3 Å². The number of esters is 1. The van der Waals surface area contributed by atoms with Crippen LogP contribution in [0.15, 0.2) is 59.6 Å². The zero-order valence-corrected chi connectivity index (χ0v) is 65.5. The van der Waals surface area contributed by atoms with E-state index in [9.17, 15) is 27.2 Å². The molecule has 112 heavy (non-hydrogen) atoms. The Hall–Kier alpha value is -6.33. The molecule has 34 heteroatoms. The molecule has 4 N–H and O–H groups in total. The molecule has 0 unspecified atom stereocenters. The number of carbonyl (C=O) groups is 2. The van der Waals surface area contributed by atoms with Gasteiger partial charge in [0, 0.05) is 69.8 Å². The normalized spacial score (nSPS) is 11.9. The van der Waals surface area contributed by atoms with Gasteiger partial charge in [-0.2, -0.15) is 8.78 Å². The molecular formula is C78H121F4N7O23. The number of rotatable bonds is 76. The average molecular weight is 1600 g/mol. The molecule has 2 aromatic heterocycles. The SMILES string of the molecule is CCCCc1nc2c(N)nc3ccccc3c2n1CCCCN=C(CCCOCCOCCOCCOCCOCCOCCOCCOCCOCCOCCC(=O)Oc1c(F)c(F)cc(F)c1F)Nc1cccc(CNC(=O)CCOCCOCCOCCOCCOCCOCCOCCOCCOCCOC)c1. The number of aliphatic imine (C=N–C) groups is 1. The fraction of sp³-hybridized carbons (Fsp3) is 0.679. The second-order valence-electron chi connectivity index (χ2n) is 24.6. The molecule has 0 spiro atoms. The van der Waals surface area contributed by atoms with Crippen LogP contribution in [-0.2, 0) is 124 Å². The molecule has 30 nitrogen and oxygen atoms in total. The summed E-state index contributed by atoms with van der Waals surface area (Å²) < 4.78 is 171. The van der Waals surface area contributed by atoms with Crippen LogP contribution in [0.1, 0.15) is 69.7 Å². The number of amidine groups is 1. The van der Waals surface area contributed by atoms with Gasteiger partial charge in [-0.25, -0.2) is 18.7 Å². The quantitative estimate of drug-likeness (QED) is 0.00629. The number of nitrogens with zero attached hydrogens (tertiary/aromatic N) is 4. The van der Waals surface area contributed by atoms with E-state index in [1.807, 2.05) is 42.5 Å². The van der Waals surface area contributed by atoms with E-state index in [1.165, 1.54) is 0 Å². The number of fused-ring (bicyclic) bond motifs is 3. The van der Waals surface area contributed by atoms with Crippen LogP contribution in [0.25, 0.3) is 21.9 Å². The number of halogens is 4. The van der Waals surface area contributed by atoms with Crippen molar-refractivity contribution in [2.24, 2.45) is 4.99 Å². The number of methoxy groups -OCH3 is 1. The first kappa shape index (κ1) is 96.3. The molecule has 1 amide bonds. The van der Waals surface area contributed by atoms with Crippen LogP contribution in [0.3, 0.4) is 0 Å². The average Bonchev–Trinajstić information content (AvgIpc) is 1.60. The second-order valence-corrected chi connectivity index (χ2v) is 24.6. The highest BCUT2D eigenvalue weighted by Gasteiger charge is 2.23. The summed E-state index contributed by atoms with van der Waals surface area (Å²) in [6.45, 7) is 19.7. The minimum absolute atomic E-state index is 0.0170. The lowest BCUT2D eigenvalue weighted by Crippen LogP contribution is -2.24. The molecule has 0 aliphatic carbocycles. The lowest BCUT2D eigenvalue weighted by atomic mass is 10.1. The molecular weight excluding hydrogens is 1480 g/mol. The molecule has 5 rings (SSSR count). The van der Waals surface area contributed by atoms with Crippen molar-refractivity contribution in [1.82, 2.24) is 19.9 Å². The number of unbranched alkanes of at least 4 members (excludes halogenated alkanes) is 2. The van der Waals surface area contributed by atoms with E-state index >= 15 is 0 Å². The van der Waals surface area contributed by atoms with Gasteiger partial charge in [0.1, 0.15) is 17.2 Å². The number of para-hydroxylation sites is 1. The number of aromatic nitrogens is 3. The highest BCUT2D eigenvalue weighted by atomic mass is 19.2. The summed E-state index contributed by atoms with van der Waals surface area (Å²) in [5, 5.41) is 7.62. The van der Waals surface area contributed by atoms with Crippen molar-refractivity contribution < 1.29 is 127 Å². The largest absolute Gasteiger partial charge is 0.420 e. The Morgan fingerprint density at radius 2 is 0.875 bits per heavy atom. The Morgan fingerprint density at radius 3 is 1.32 bits per heavy atom. The molecule has 0 fully saturated rings. The van der Waals surface area contributed by atoms with Crippen molar-refractivity contribution in [3.63, 3.8) is 0 Å². The number of anilines is 2. The Labute approximate surface area is 655 Å². The minimum atomic E-state index is -1.80. The molecule has 0 aliphatic heterocycles. The second kappa shape index (κ2) is 65.9. The standard InChI is InChI=1S/C78H121F4N7O23/c1-3-4-16-70-88-75-76(65-13-5-6-14-68(65)87-78(75)83)89(70)20-8-7-19-84-69(86-64-12-9-11-63(60-64)62-85-71(90)17-22-94-27-30-98-35-38-102-43-46-106-51-54-110-57-56-108-49-48-104-41-40-100-33-32-96-25-24-92-2)15-10-21-93-26-29-97-34-37-101-42-45-105-50-53-109-58-59-111-55-52-107-47-44-103-39-36-99-31-28-95-23-18-72(91)112-77-73(81)66(79)61-67(80)74(77)82/h5-6,9,11-14,60-61H,3-4,7-8,10,15-59,62H2,1-2H3,(H2,83,87)(H,84,86)(H,85,90). The van der Waals surface area contributed by atoms with E-state index in [4.69, 9.17) is 110 Å². The molecule has 0 bridgehead atoms. The summed E-state index contributed by atoms with van der Waals surface area (Å²) in [5.41, 5.74) is 10.9. The highest BCUT2D eigenvalue weighted by Crippen LogP contribution is 2.30. The van der Waals surface area contributed by atoms with Gasteiger partial charge in [-0.15, -0.1) is 0 Å². The summed E-state index contributed by atoms with van der Waals surface area (Å²) >= 11 is 0. The number of carbonyl (C=O) groups excluding carboxylic acids is 2. The van der Waals surface area contributed by atoms with Crippen molar-refractivity contribution >= 4 is 51.2 Å². The molecule has 634 valence electrons. The maximum absolute atomic E-state index is 13.7. The maximum atomic E-state index is 13.7. The predicted octanol–water partition coefficient (Wildman–Crippen LogP) is 8.10. The van der Waals surface area contributed by atoms with Crippen molar-refractivity contribution in [3.8, 4) is 5.75 Å². The molecule has 0 saturated heterocycles. The molecule has 5 aromatic rings. The Balaban J connectivity index is 0.841. The number of imidazole rings is 1. The summed E-state index contributed by atoms with van der Waals surface area (Å²) in [4.78, 5) is 39.4. The Kier molecular flexibility index (Phi) is 56.6. The van der Waals surface area contributed by atoms with Crippen LogP contribution in [-0.4, -0.2) is 304 Å². The van der Waals surface area contributed by atoms with E-state index in [1.54, 1.807) is 7.11 Å². The van der Waals surface area contributed by atoms with Gasteiger partial charge in [-0.1, -0.05) is 43.7 Å². The van der Waals surface area contributed by atoms with E-state index in [0.29, 0.717) is 250 Å². The number of nitrogens with two attached hydrogens (primary N) is 1. The molecule has 0 saturated carbocycles. The number of nitrogen functional groups attached to an aromatic ring is 1. The number of benzene rings is 3. The van der Waals surface area contributed by atoms with Crippen LogP contribution in [0, 0.1) is 23.3 Å². The van der Waals surface area contributed by atoms with Crippen molar-refractivity contribution in [3.05, 3.63) is 89.3 Å². The molecule has 2 heterocycles. The van der Waals surface area contributed by atoms with Gasteiger partial charge in [-0.05, 0) is 49.4 Å². The summed E-state index contributed by atoms with van der Waals surface area (Å²) in [6.07, 6.45) is 5.86. The Morgan fingerprint density at radius 1 is 0.455 bits per heavy atom. The number of nitrogens with one attached hydrogen (secondary N) is 2. The first-order valence-electron chi connectivity index (χ1n) is 38.8. The fourth-order valence-corrected chi connectivity index (χ4v) is 10.2. The molecule has 0 aliphatic rings. The van der Waals surface area contributed by atoms with E-state index in [2.05, 4.69) is 37.9 Å². The van der Waals surface area contributed by atoms with E-state index in [0.717, 1.165) is 89.9 Å². The third-order valence-electron chi connectivity index (χ3n) is 15.9. The van der Waals surface area contributed by atoms with Crippen LogP contribution in [0.5, 0.6) is 5.75 Å². The van der Waals surface area contributed by atoms with Gasteiger partial charge in [-0.3, -0.25) is 14.6 Å². The number of hydrogen-bond acceptors (Lipinski definition) is 27.